The van der Waals surface area contributed by atoms with Crippen molar-refractivity contribution in [1.82, 2.24) is 0 Å². The lowest BCUT2D eigenvalue weighted by atomic mass is 10.1. The van der Waals surface area contributed by atoms with E-state index in [1.54, 1.807) is 6.92 Å². The molecule has 4 heteroatoms. The average Bonchev–Trinajstić information content (AvgIpc) is 2.00. The Hall–Kier alpha value is 0.500. The summed E-state index contributed by atoms with van der Waals surface area (Å²) >= 11 is 10.9. The highest BCUT2D eigenvalue weighted by Gasteiger charge is 2.22. The monoisotopic (exact) mass is 186 g/mol. The summed E-state index contributed by atoms with van der Waals surface area (Å²) in [5.74, 6) is 0.0607. The van der Waals surface area contributed by atoms with Crippen molar-refractivity contribution < 1.29 is 10.2 Å². The molecule has 0 aliphatic heterocycles. The summed E-state index contributed by atoms with van der Waals surface area (Å²) in [5, 5.41) is 17.4. The normalized spacial score (nSPS) is 20.1. The summed E-state index contributed by atoms with van der Waals surface area (Å²) < 4.78 is 0. The zero-order valence-corrected chi connectivity index (χ0v) is 7.31. The van der Waals surface area contributed by atoms with Gasteiger partial charge in [-0.15, -0.1) is 23.2 Å². The van der Waals surface area contributed by atoms with E-state index in [1.165, 1.54) is 0 Å². The Morgan fingerprint density at radius 1 is 1.30 bits per heavy atom. The van der Waals surface area contributed by atoms with Gasteiger partial charge in [-0.2, -0.15) is 0 Å². The lowest BCUT2D eigenvalue weighted by molar-refractivity contribution is 0.0952. The third-order valence-corrected chi connectivity index (χ3v) is 2.21. The fourth-order valence-corrected chi connectivity index (χ4v) is 1.12. The molecule has 0 amide bonds. The minimum atomic E-state index is -0.821. The van der Waals surface area contributed by atoms with E-state index in [0.717, 1.165) is 0 Å². The molecule has 0 saturated carbocycles. The molecule has 0 aromatic heterocycles. The maximum Gasteiger partial charge on any atom is 0.0865 e. The molecule has 0 spiro atoms. The molecule has 3 unspecified atom stereocenters. The second kappa shape index (κ2) is 5.19. The number of aliphatic hydroxyl groups is 2. The van der Waals surface area contributed by atoms with Gasteiger partial charge >= 0.3 is 0 Å². The van der Waals surface area contributed by atoms with Crippen molar-refractivity contribution in [3.63, 3.8) is 0 Å². The standard InChI is InChI=1S/C6H12Cl2O2/c1-2-4(9)6(8)5(10)3-7/h4-6,9-10H,2-3H2,1H3. The molecular weight excluding hydrogens is 175 g/mol. The van der Waals surface area contributed by atoms with E-state index in [1.807, 2.05) is 0 Å². The van der Waals surface area contributed by atoms with Crippen LogP contribution >= 0.6 is 23.2 Å². The molecule has 0 aliphatic rings. The second-order valence-corrected chi connectivity index (χ2v) is 2.95. The topological polar surface area (TPSA) is 40.5 Å². The van der Waals surface area contributed by atoms with Gasteiger partial charge in [0.1, 0.15) is 0 Å². The SMILES string of the molecule is CCC(O)C(Cl)C(O)CCl. The van der Waals surface area contributed by atoms with Crippen LogP contribution in [0.4, 0.5) is 0 Å². The van der Waals surface area contributed by atoms with Gasteiger partial charge in [0.25, 0.3) is 0 Å². The first-order valence-corrected chi connectivity index (χ1v) is 4.16. The van der Waals surface area contributed by atoms with Gasteiger partial charge in [0.2, 0.25) is 0 Å². The van der Waals surface area contributed by atoms with Gasteiger partial charge < -0.3 is 10.2 Å². The Labute approximate surface area is 70.8 Å². The Morgan fingerprint density at radius 2 is 1.80 bits per heavy atom. The van der Waals surface area contributed by atoms with Gasteiger partial charge in [-0.25, -0.2) is 0 Å². The second-order valence-electron chi connectivity index (χ2n) is 2.14. The summed E-state index contributed by atoms with van der Waals surface area (Å²) in [6, 6.07) is 0. The lowest BCUT2D eigenvalue weighted by Gasteiger charge is -2.18. The van der Waals surface area contributed by atoms with E-state index in [4.69, 9.17) is 33.4 Å². The van der Waals surface area contributed by atoms with Gasteiger partial charge in [-0.3, -0.25) is 0 Å². The third-order valence-electron chi connectivity index (χ3n) is 1.31. The fraction of sp³-hybridized carbons (Fsp3) is 1.00. The number of hydrogen-bond donors (Lipinski definition) is 2. The fourth-order valence-electron chi connectivity index (χ4n) is 0.567. The van der Waals surface area contributed by atoms with E-state index in [2.05, 4.69) is 0 Å². The minimum Gasteiger partial charge on any atom is -0.391 e. The van der Waals surface area contributed by atoms with Crippen LogP contribution in [0.15, 0.2) is 0 Å². The summed E-state index contributed by atoms with van der Waals surface area (Å²) in [5.41, 5.74) is 0. The number of rotatable bonds is 4. The van der Waals surface area contributed by atoms with Gasteiger partial charge in [-0.05, 0) is 6.42 Å². The quantitative estimate of drug-likeness (QED) is 0.643. The van der Waals surface area contributed by atoms with Gasteiger partial charge in [0, 0.05) is 5.88 Å². The summed E-state index contributed by atoms with van der Waals surface area (Å²) in [6.07, 6.45) is -0.962. The largest absolute Gasteiger partial charge is 0.391 e. The molecule has 0 bridgehead atoms. The van der Waals surface area contributed by atoms with Crippen LogP contribution in [0.2, 0.25) is 0 Å². The molecule has 2 nitrogen and oxygen atoms in total. The van der Waals surface area contributed by atoms with Crippen LogP contribution in [0, 0.1) is 0 Å². The first-order valence-electron chi connectivity index (χ1n) is 3.19. The van der Waals surface area contributed by atoms with Crippen molar-refractivity contribution in [3.05, 3.63) is 0 Å². The number of alkyl halides is 2. The predicted octanol–water partition coefficient (Wildman–Crippen LogP) is 0.964. The van der Waals surface area contributed by atoms with Gasteiger partial charge in [0.15, 0.2) is 0 Å². The molecule has 0 aliphatic carbocycles. The van der Waals surface area contributed by atoms with Crippen molar-refractivity contribution in [1.29, 1.82) is 0 Å². The zero-order chi connectivity index (χ0) is 8.15. The smallest absolute Gasteiger partial charge is 0.0865 e. The van der Waals surface area contributed by atoms with Crippen LogP contribution in [0.25, 0.3) is 0 Å². The number of aliphatic hydroxyl groups excluding tert-OH is 2. The molecule has 3 atom stereocenters. The van der Waals surface area contributed by atoms with E-state index in [9.17, 15) is 0 Å². The molecule has 0 aromatic rings. The van der Waals surface area contributed by atoms with Crippen molar-refractivity contribution in [2.45, 2.75) is 30.9 Å². The number of halogens is 2. The molecule has 0 radical (unpaired) electrons. The van der Waals surface area contributed by atoms with Crippen molar-refractivity contribution in [3.8, 4) is 0 Å². The first-order chi connectivity index (χ1) is 4.63. The van der Waals surface area contributed by atoms with Crippen LogP contribution in [0.5, 0.6) is 0 Å². The number of hydrogen-bond acceptors (Lipinski definition) is 2. The highest BCUT2D eigenvalue weighted by molar-refractivity contribution is 6.23. The Balaban J connectivity index is 3.69. The molecule has 62 valence electrons. The van der Waals surface area contributed by atoms with E-state index in [-0.39, 0.29) is 5.88 Å². The van der Waals surface area contributed by atoms with Gasteiger partial charge in [0.05, 0.1) is 17.6 Å². The van der Waals surface area contributed by atoms with E-state index in [0.29, 0.717) is 6.42 Å². The molecule has 0 aromatic carbocycles. The molecule has 2 N–H and O–H groups in total. The zero-order valence-electron chi connectivity index (χ0n) is 5.80. The Morgan fingerprint density at radius 3 is 2.10 bits per heavy atom. The average molecular weight is 187 g/mol. The van der Waals surface area contributed by atoms with Crippen LogP contribution in [0.1, 0.15) is 13.3 Å². The molecule has 0 saturated heterocycles. The van der Waals surface area contributed by atoms with Crippen molar-refractivity contribution >= 4 is 23.2 Å². The molecular formula is C6H12Cl2O2. The van der Waals surface area contributed by atoms with Crippen molar-refractivity contribution in [2.24, 2.45) is 0 Å². The van der Waals surface area contributed by atoms with Crippen LogP contribution in [-0.2, 0) is 0 Å². The molecule has 0 fully saturated rings. The minimum absolute atomic E-state index is 0.0607. The first kappa shape index (κ1) is 10.5. The van der Waals surface area contributed by atoms with E-state index < -0.39 is 17.6 Å². The van der Waals surface area contributed by atoms with Crippen LogP contribution < -0.4 is 0 Å². The summed E-state index contributed by atoms with van der Waals surface area (Å²) in [7, 11) is 0. The maximum absolute atomic E-state index is 9.08. The van der Waals surface area contributed by atoms with Crippen molar-refractivity contribution in [2.75, 3.05) is 5.88 Å². The summed E-state index contributed by atoms with van der Waals surface area (Å²) in [6.45, 7) is 1.79. The van der Waals surface area contributed by atoms with Crippen LogP contribution in [0.3, 0.4) is 0 Å². The lowest BCUT2D eigenvalue weighted by Crippen LogP contribution is -2.33. The summed E-state index contributed by atoms with van der Waals surface area (Å²) in [4.78, 5) is 0. The van der Waals surface area contributed by atoms with E-state index >= 15 is 0 Å². The Kier molecular flexibility index (Phi) is 5.45. The molecule has 10 heavy (non-hydrogen) atoms. The van der Waals surface area contributed by atoms with Crippen LogP contribution in [-0.4, -0.2) is 33.7 Å². The van der Waals surface area contributed by atoms with Gasteiger partial charge in [-0.1, -0.05) is 6.92 Å². The molecule has 0 rings (SSSR count). The molecule has 0 heterocycles. The maximum atomic E-state index is 9.08. The third kappa shape index (κ3) is 3.06. The Bertz CT molecular complexity index is 79.8. The highest BCUT2D eigenvalue weighted by Crippen LogP contribution is 2.11. The predicted molar refractivity (Wildman–Crippen MR) is 42.7 cm³/mol. The highest BCUT2D eigenvalue weighted by atomic mass is 35.5.